The number of carbonyl (C=O) groups is 3. The van der Waals surface area contributed by atoms with E-state index in [1.165, 1.54) is 141 Å². The van der Waals surface area contributed by atoms with Gasteiger partial charge in [0.25, 0.3) is 0 Å². The molecule has 0 fully saturated rings. The van der Waals surface area contributed by atoms with Crippen LogP contribution >= 0.6 is 0 Å². The van der Waals surface area contributed by atoms with Gasteiger partial charge in [0.05, 0.1) is 0 Å². The molecule has 0 aliphatic heterocycles. The first-order valence-corrected chi connectivity index (χ1v) is 21.5. The zero-order chi connectivity index (χ0) is 35.9. The molecule has 0 aliphatic rings. The molecule has 0 heterocycles. The maximum absolute atomic E-state index is 12.6. The van der Waals surface area contributed by atoms with Crippen LogP contribution in [-0.4, -0.2) is 37.2 Å². The van der Waals surface area contributed by atoms with Crippen molar-refractivity contribution < 1.29 is 28.6 Å². The van der Waals surface area contributed by atoms with Crippen LogP contribution in [0.1, 0.15) is 239 Å². The first kappa shape index (κ1) is 47.4. The van der Waals surface area contributed by atoms with Crippen LogP contribution in [0.4, 0.5) is 0 Å². The first-order chi connectivity index (χ1) is 24.0. The van der Waals surface area contributed by atoms with Gasteiger partial charge < -0.3 is 14.2 Å². The van der Waals surface area contributed by atoms with Crippen LogP contribution in [0.15, 0.2) is 0 Å². The third kappa shape index (κ3) is 37.5. The third-order valence-corrected chi connectivity index (χ3v) is 9.61. The lowest BCUT2D eigenvalue weighted by atomic mass is 10.1. The molecule has 0 aromatic carbocycles. The lowest BCUT2D eigenvalue weighted by Gasteiger charge is -2.18. The molecule has 6 nitrogen and oxygen atoms in total. The largest absolute Gasteiger partial charge is 0.462 e. The van der Waals surface area contributed by atoms with Crippen LogP contribution in [-0.2, 0) is 28.6 Å². The van der Waals surface area contributed by atoms with Crippen molar-refractivity contribution >= 4 is 17.9 Å². The van der Waals surface area contributed by atoms with E-state index >= 15 is 0 Å². The molecule has 6 heteroatoms. The average molecular weight is 695 g/mol. The van der Waals surface area contributed by atoms with Crippen molar-refractivity contribution in [2.24, 2.45) is 0 Å². The molecule has 49 heavy (non-hydrogen) atoms. The zero-order valence-electron chi connectivity index (χ0n) is 33.0. The van der Waals surface area contributed by atoms with Gasteiger partial charge in [-0.2, -0.15) is 0 Å². The fraction of sp³-hybridized carbons (Fsp3) is 0.930. The fourth-order valence-corrected chi connectivity index (χ4v) is 6.32. The molecule has 0 rings (SSSR count). The Morgan fingerprint density at radius 1 is 0.327 bits per heavy atom. The summed E-state index contributed by atoms with van der Waals surface area (Å²) < 4.78 is 16.6. The van der Waals surface area contributed by atoms with Crippen molar-refractivity contribution in [3.8, 4) is 0 Å². The maximum atomic E-state index is 12.6. The number of ether oxygens (including phenoxy) is 3. The third-order valence-electron chi connectivity index (χ3n) is 9.61. The molecule has 0 aromatic rings. The predicted molar refractivity (Wildman–Crippen MR) is 206 cm³/mol. The van der Waals surface area contributed by atoms with Crippen LogP contribution in [0.25, 0.3) is 0 Å². The molecule has 0 aliphatic carbocycles. The lowest BCUT2D eigenvalue weighted by molar-refractivity contribution is -0.167. The summed E-state index contributed by atoms with van der Waals surface area (Å²) in [4.78, 5) is 37.5. The van der Waals surface area contributed by atoms with E-state index < -0.39 is 6.10 Å². The van der Waals surface area contributed by atoms with Crippen LogP contribution in [0.2, 0.25) is 0 Å². The van der Waals surface area contributed by atoms with Gasteiger partial charge in [-0.25, -0.2) is 0 Å². The van der Waals surface area contributed by atoms with Crippen molar-refractivity contribution in [2.75, 3.05) is 13.2 Å². The Labute approximate surface area is 304 Å². The second-order valence-corrected chi connectivity index (χ2v) is 14.6. The maximum Gasteiger partial charge on any atom is 0.306 e. The molecule has 0 N–H and O–H groups in total. The summed E-state index contributed by atoms with van der Waals surface area (Å²) in [6, 6.07) is 0. The predicted octanol–water partition coefficient (Wildman–Crippen LogP) is 13.3. The van der Waals surface area contributed by atoms with E-state index in [1.807, 2.05) is 0 Å². The number of carbonyl (C=O) groups excluding carboxylic acids is 3. The second kappa shape index (κ2) is 39.2. The van der Waals surface area contributed by atoms with Crippen molar-refractivity contribution in [3.05, 3.63) is 0 Å². The van der Waals surface area contributed by atoms with Gasteiger partial charge in [-0.05, 0) is 19.3 Å². The molecule has 0 spiro atoms. The monoisotopic (exact) mass is 695 g/mol. The topological polar surface area (TPSA) is 78.9 Å². The van der Waals surface area contributed by atoms with Crippen LogP contribution in [0.3, 0.4) is 0 Å². The van der Waals surface area contributed by atoms with Crippen LogP contribution in [0, 0.1) is 0 Å². The molecule has 290 valence electrons. The lowest BCUT2D eigenvalue weighted by Crippen LogP contribution is -2.30. The van der Waals surface area contributed by atoms with E-state index in [0.717, 1.165) is 57.8 Å². The minimum atomic E-state index is -0.756. The van der Waals surface area contributed by atoms with Crippen molar-refractivity contribution in [2.45, 2.75) is 245 Å². The smallest absolute Gasteiger partial charge is 0.306 e. The number of rotatable bonds is 39. The van der Waals surface area contributed by atoms with E-state index in [9.17, 15) is 14.4 Å². The zero-order valence-corrected chi connectivity index (χ0v) is 33.0. The Kier molecular flexibility index (Phi) is 37.9. The standard InChI is InChI=1S/C43H82O6/c1-4-7-10-13-16-19-22-25-27-30-33-36-42(45)48-39-40(49-43(46)37-34-31-28-24-21-18-15-12-9-6-3)38-47-41(44)35-32-29-26-23-20-17-14-11-8-5-2/h40H,4-39H2,1-3H3. The van der Waals surface area contributed by atoms with Gasteiger partial charge in [0.2, 0.25) is 0 Å². The Morgan fingerprint density at radius 2 is 0.551 bits per heavy atom. The summed E-state index contributed by atoms with van der Waals surface area (Å²) in [6.45, 7) is 6.61. The van der Waals surface area contributed by atoms with Crippen LogP contribution in [0.5, 0.6) is 0 Å². The fourth-order valence-electron chi connectivity index (χ4n) is 6.32. The molecular weight excluding hydrogens is 612 g/mol. The van der Waals surface area contributed by atoms with Gasteiger partial charge in [-0.15, -0.1) is 0 Å². The van der Waals surface area contributed by atoms with E-state index in [4.69, 9.17) is 14.2 Å². The molecule has 0 radical (unpaired) electrons. The summed E-state index contributed by atoms with van der Waals surface area (Å²) in [5.41, 5.74) is 0. The van der Waals surface area contributed by atoms with E-state index in [-0.39, 0.29) is 31.1 Å². The van der Waals surface area contributed by atoms with Gasteiger partial charge >= 0.3 is 17.9 Å². The molecule has 1 atom stereocenters. The van der Waals surface area contributed by atoms with Gasteiger partial charge in [-0.3, -0.25) is 14.4 Å². The molecule has 0 amide bonds. The minimum absolute atomic E-state index is 0.0633. The van der Waals surface area contributed by atoms with E-state index in [1.54, 1.807) is 0 Å². The Morgan fingerprint density at radius 3 is 0.816 bits per heavy atom. The van der Waals surface area contributed by atoms with Crippen molar-refractivity contribution in [1.29, 1.82) is 0 Å². The van der Waals surface area contributed by atoms with E-state index in [2.05, 4.69) is 20.8 Å². The normalized spacial score (nSPS) is 11.8. The quantitative estimate of drug-likeness (QED) is 0.0362. The minimum Gasteiger partial charge on any atom is -0.462 e. The van der Waals surface area contributed by atoms with Gasteiger partial charge in [0, 0.05) is 19.3 Å². The molecule has 0 saturated heterocycles. The Balaban J connectivity index is 4.33. The number of hydrogen-bond acceptors (Lipinski definition) is 6. The number of unbranched alkanes of at least 4 members (excludes halogenated alkanes) is 28. The molecule has 0 bridgehead atoms. The summed E-state index contributed by atoms with van der Waals surface area (Å²) in [5, 5.41) is 0. The number of hydrogen-bond donors (Lipinski definition) is 0. The second-order valence-electron chi connectivity index (χ2n) is 14.6. The molecule has 0 saturated carbocycles. The van der Waals surface area contributed by atoms with Crippen molar-refractivity contribution in [3.63, 3.8) is 0 Å². The average Bonchev–Trinajstić information content (AvgIpc) is 3.10. The summed E-state index contributed by atoms with van der Waals surface area (Å²) in [6.07, 6.45) is 37.9. The van der Waals surface area contributed by atoms with Gasteiger partial charge in [0.15, 0.2) is 6.10 Å². The Bertz CT molecular complexity index is 723. The van der Waals surface area contributed by atoms with Crippen molar-refractivity contribution in [1.82, 2.24) is 0 Å². The summed E-state index contributed by atoms with van der Waals surface area (Å²) >= 11 is 0. The molecular formula is C43H82O6. The molecule has 1 unspecified atom stereocenters. The summed E-state index contributed by atoms with van der Waals surface area (Å²) in [5.74, 6) is -0.859. The highest BCUT2D eigenvalue weighted by Gasteiger charge is 2.19. The highest BCUT2D eigenvalue weighted by molar-refractivity contribution is 5.71. The van der Waals surface area contributed by atoms with Gasteiger partial charge in [0.1, 0.15) is 13.2 Å². The van der Waals surface area contributed by atoms with E-state index in [0.29, 0.717) is 19.3 Å². The highest BCUT2D eigenvalue weighted by atomic mass is 16.6. The SMILES string of the molecule is CCCCCCCCCCCCCC(=O)OCC(COC(=O)CCCCCCCCCCCC)OC(=O)CCCCCCCCCCCC. The highest BCUT2D eigenvalue weighted by Crippen LogP contribution is 2.15. The molecule has 0 aromatic heterocycles. The summed E-state index contributed by atoms with van der Waals surface area (Å²) in [7, 11) is 0. The van der Waals surface area contributed by atoms with Crippen LogP contribution < -0.4 is 0 Å². The number of esters is 3. The first-order valence-electron chi connectivity index (χ1n) is 21.5. The van der Waals surface area contributed by atoms with Gasteiger partial charge in [-0.1, -0.05) is 201 Å². The Hall–Kier alpha value is -1.59.